The smallest absolute Gasteiger partial charge is 0.423 e. The van der Waals surface area contributed by atoms with Crippen LogP contribution in [0, 0.1) is 0 Å². The summed E-state index contributed by atoms with van der Waals surface area (Å²) in [5.74, 6) is 0. The molecular formula is C39H30BNO2S. The molecule has 0 unspecified atom stereocenters. The Morgan fingerprint density at radius 2 is 1.43 bits per heavy atom. The van der Waals surface area contributed by atoms with Crippen molar-refractivity contribution in [2.45, 2.75) is 32.1 Å². The van der Waals surface area contributed by atoms with Gasteiger partial charge in [-0.15, -0.1) is 11.3 Å². The molecule has 0 saturated carbocycles. The first kappa shape index (κ1) is 26.0. The molecule has 212 valence electrons. The van der Waals surface area contributed by atoms with E-state index in [1.165, 1.54) is 54.5 Å². The predicted molar refractivity (Wildman–Crippen MR) is 187 cm³/mol. The number of fused-ring (bicyclic) bond motifs is 8. The zero-order valence-corrected chi connectivity index (χ0v) is 25.5. The number of hydrogen-bond acceptors (Lipinski definition) is 3. The Morgan fingerprint density at radius 1 is 0.727 bits per heavy atom. The van der Waals surface area contributed by atoms with Crippen molar-refractivity contribution in [3.63, 3.8) is 0 Å². The Balaban J connectivity index is 1.30. The van der Waals surface area contributed by atoms with Crippen LogP contribution in [0.15, 0.2) is 115 Å². The molecule has 2 aromatic heterocycles. The van der Waals surface area contributed by atoms with Gasteiger partial charge in [0.15, 0.2) is 0 Å². The largest absolute Gasteiger partial charge is 0.488 e. The normalized spacial score (nSPS) is 15.5. The SMILES string of the molecule is CC1(C)C2=C(C=CCC2)c2cc3c4cc(-c5ccc6sc7ccc(B(O)O)cc7c6c5)ccc4n(-c4ccccc4)c3cc21. The Bertz CT molecular complexity index is 2390. The molecular weight excluding hydrogens is 557 g/mol. The van der Waals surface area contributed by atoms with Gasteiger partial charge in [-0.05, 0) is 106 Å². The third-order valence-electron chi connectivity index (χ3n) is 9.93. The fourth-order valence-corrected chi connectivity index (χ4v) is 8.77. The Kier molecular flexibility index (Phi) is 5.50. The summed E-state index contributed by atoms with van der Waals surface area (Å²) < 4.78 is 4.76. The van der Waals surface area contributed by atoms with Gasteiger partial charge in [-0.2, -0.15) is 0 Å². The van der Waals surface area contributed by atoms with E-state index < -0.39 is 7.12 Å². The fourth-order valence-electron chi connectivity index (χ4n) is 7.70. The molecule has 0 atom stereocenters. The van der Waals surface area contributed by atoms with Gasteiger partial charge in [0.2, 0.25) is 0 Å². The second-order valence-corrected chi connectivity index (χ2v) is 13.8. The molecule has 7 aromatic rings. The quantitative estimate of drug-likeness (QED) is 0.203. The second-order valence-electron chi connectivity index (χ2n) is 12.7. The summed E-state index contributed by atoms with van der Waals surface area (Å²) in [6, 6.07) is 34.8. The van der Waals surface area contributed by atoms with Crippen LogP contribution < -0.4 is 5.46 Å². The number of para-hydroxylation sites is 1. The van der Waals surface area contributed by atoms with E-state index in [9.17, 15) is 10.0 Å². The van der Waals surface area contributed by atoms with Crippen molar-refractivity contribution in [3.8, 4) is 16.8 Å². The van der Waals surface area contributed by atoms with Crippen molar-refractivity contribution in [1.29, 1.82) is 0 Å². The summed E-state index contributed by atoms with van der Waals surface area (Å²) in [6.07, 6.45) is 6.92. The van der Waals surface area contributed by atoms with Crippen LogP contribution in [0.3, 0.4) is 0 Å². The molecule has 0 radical (unpaired) electrons. The van der Waals surface area contributed by atoms with E-state index in [1.807, 2.05) is 12.1 Å². The highest BCUT2D eigenvalue weighted by Gasteiger charge is 2.38. The highest BCUT2D eigenvalue weighted by atomic mass is 32.1. The van der Waals surface area contributed by atoms with Crippen LogP contribution in [0.4, 0.5) is 0 Å². The van der Waals surface area contributed by atoms with Crippen molar-refractivity contribution >= 4 is 71.5 Å². The van der Waals surface area contributed by atoms with Crippen molar-refractivity contribution in [2.75, 3.05) is 0 Å². The standard InChI is InChI=1S/C39H30BNO2S/c1-39(2)33-11-7-6-10-27(33)28-21-30-29-18-23(12-15-35(29)41(36(30)22-34(28)39)26-8-4-3-5-9-26)24-13-16-37-31(19-24)32-20-25(40(42)43)14-17-38(32)44-37/h3-6,8-10,12-22,42-43H,7,11H2,1-2H3. The van der Waals surface area contributed by atoms with Crippen LogP contribution in [0.5, 0.6) is 0 Å². The zero-order chi connectivity index (χ0) is 29.7. The summed E-state index contributed by atoms with van der Waals surface area (Å²) >= 11 is 1.74. The maximum Gasteiger partial charge on any atom is 0.488 e. The Labute approximate surface area is 260 Å². The van der Waals surface area contributed by atoms with Gasteiger partial charge < -0.3 is 14.6 Å². The van der Waals surface area contributed by atoms with Crippen LogP contribution >= 0.6 is 11.3 Å². The van der Waals surface area contributed by atoms with Gasteiger partial charge in [-0.1, -0.05) is 74.0 Å². The molecule has 0 bridgehead atoms. The van der Waals surface area contributed by atoms with E-state index >= 15 is 0 Å². The first-order chi connectivity index (χ1) is 21.4. The Morgan fingerprint density at radius 3 is 2.23 bits per heavy atom. The minimum atomic E-state index is -1.48. The van der Waals surface area contributed by atoms with Crippen molar-refractivity contribution in [1.82, 2.24) is 4.57 Å². The van der Waals surface area contributed by atoms with Gasteiger partial charge in [0.05, 0.1) is 11.0 Å². The zero-order valence-electron chi connectivity index (χ0n) is 24.6. The molecule has 2 heterocycles. The molecule has 2 aliphatic rings. The van der Waals surface area contributed by atoms with Gasteiger partial charge in [-0.3, -0.25) is 0 Å². The molecule has 0 aliphatic heterocycles. The van der Waals surface area contributed by atoms with E-state index in [2.05, 4.69) is 109 Å². The molecule has 0 fully saturated rings. The summed E-state index contributed by atoms with van der Waals surface area (Å²) in [5, 5.41) is 24.3. The molecule has 0 amide bonds. The minimum Gasteiger partial charge on any atom is -0.423 e. The van der Waals surface area contributed by atoms with Gasteiger partial charge >= 0.3 is 7.12 Å². The van der Waals surface area contributed by atoms with Crippen LogP contribution in [0.25, 0.3) is 64.4 Å². The fraction of sp³-hybridized carbons (Fsp3) is 0.128. The molecule has 5 heteroatoms. The summed E-state index contributed by atoms with van der Waals surface area (Å²) in [7, 11) is -1.48. The first-order valence-corrected chi connectivity index (χ1v) is 16.1. The van der Waals surface area contributed by atoms with Gasteiger partial charge in [0.25, 0.3) is 0 Å². The lowest BCUT2D eigenvalue weighted by molar-refractivity contribution is 0.426. The third kappa shape index (κ3) is 3.64. The highest BCUT2D eigenvalue weighted by molar-refractivity contribution is 7.25. The minimum absolute atomic E-state index is 0.0113. The molecule has 2 N–H and O–H groups in total. The predicted octanol–water partition coefficient (Wildman–Crippen LogP) is 8.89. The van der Waals surface area contributed by atoms with Crippen molar-refractivity contribution < 1.29 is 10.0 Å². The second kappa shape index (κ2) is 9.29. The van der Waals surface area contributed by atoms with Crippen LogP contribution in [0.1, 0.15) is 37.8 Å². The maximum absolute atomic E-state index is 9.80. The molecule has 2 aliphatic carbocycles. The number of hydrogen-bond donors (Lipinski definition) is 2. The van der Waals surface area contributed by atoms with E-state index in [1.54, 1.807) is 23.0 Å². The average molecular weight is 588 g/mol. The third-order valence-corrected chi connectivity index (χ3v) is 11.1. The number of rotatable bonds is 3. The van der Waals surface area contributed by atoms with E-state index in [0.29, 0.717) is 5.46 Å². The number of benzene rings is 5. The van der Waals surface area contributed by atoms with Gasteiger partial charge in [-0.25, -0.2) is 0 Å². The first-order valence-electron chi connectivity index (χ1n) is 15.3. The Hall–Kier alpha value is -4.42. The summed E-state index contributed by atoms with van der Waals surface area (Å²) in [5.41, 5.74) is 12.2. The van der Waals surface area contributed by atoms with E-state index in [0.717, 1.165) is 33.9 Å². The average Bonchev–Trinajstić information content (AvgIpc) is 3.65. The lowest BCUT2D eigenvalue weighted by Gasteiger charge is -2.25. The molecule has 0 spiro atoms. The molecule has 0 saturated heterocycles. The molecule has 44 heavy (non-hydrogen) atoms. The monoisotopic (exact) mass is 587 g/mol. The summed E-state index contributed by atoms with van der Waals surface area (Å²) in [6.45, 7) is 4.78. The number of nitrogens with zero attached hydrogens (tertiary/aromatic N) is 1. The van der Waals surface area contributed by atoms with Crippen molar-refractivity contribution in [3.05, 3.63) is 126 Å². The number of aromatic nitrogens is 1. The van der Waals surface area contributed by atoms with Gasteiger partial charge in [0, 0.05) is 36.7 Å². The van der Waals surface area contributed by atoms with Gasteiger partial charge in [0.1, 0.15) is 0 Å². The summed E-state index contributed by atoms with van der Waals surface area (Å²) in [4.78, 5) is 0. The van der Waals surface area contributed by atoms with Crippen molar-refractivity contribution in [2.24, 2.45) is 0 Å². The maximum atomic E-state index is 9.80. The number of thiophene rings is 1. The lowest BCUT2D eigenvalue weighted by Crippen LogP contribution is -2.29. The van der Waals surface area contributed by atoms with E-state index in [-0.39, 0.29) is 5.41 Å². The molecule has 9 rings (SSSR count). The van der Waals surface area contributed by atoms with Crippen LogP contribution in [-0.2, 0) is 5.41 Å². The van der Waals surface area contributed by atoms with Crippen LogP contribution in [0.2, 0.25) is 0 Å². The lowest BCUT2D eigenvalue weighted by atomic mass is 9.78. The van der Waals surface area contributed by atoms with E-state index in [4.69, 9.17) is 0 Å². The highest BCUT2D eigenvalue weighted by Crippen LogP contribution is 2.52. The molecule has 3 nitrogen and oxygen atoms in total. The topological polar surface area (TPSA) is 45.4 Å². The molecule has 5 aromatic carbocycles. The van der Waals surface area contributed by atoms with Crippen LogP contribution in [-0.4, -0.2) is 21.7 Å². The number of allylic oxidation sites excluding steroid dienone is 4.